The molecule has 3 atom stereocenters. The summed E-state index contributed by atoms with van der Waals surface area (Å²) in [5.41, 5.74) is 12.0. The lowest BCUT2D eigenvalue weighted by atomic mass is 10.1. The Labute approximate surface area is 140 Å². The van der Waals surface area contributed by atoms with E-state index in [0.717, 1.165) is 5.56 Å². The molecule has 2 aromatic rings. The summed E-state index contributed by atoms with van der Waals surface area (Å²) in [6, 6.07) is 13.7. The second kappa shape index (κ2) is 5.20. The topological polar surface area (TPSA) is 105 Å². The Bertz CT molecular complexity index is 885. The molecule has 2 aromatic carbocycles. The zero-order valence-electron chi connectivity index (χ0n) is 12.9. The molecule has 0 amide bonds. The van der Waals surface area contributed by atoms with Crippen molar-refractivity contribution in [2.45, 2.75) is 21.6 Å². The highest BCUT2D eigenvalue weighted by Crippen LogP contribution is 2.56. The Hall–Kier alpha value is -2.09. The summed E-state index contributed by atoms with van der Waals surface area (Å²) in [5.74, 6) is 0.883. The molecule has 0 bridgehead atoms. The van der Waals surface area contributed by atoms with E-state index in [1.165, 1.54) is 0 Å². The van der Waals surface area contributed by atoms with Crippen molar-refractivity contribution in [1.29, 1.82) is 0 Å². The summed E-state index contributed by atoms with van der Waals surface area (Å²) in [6.45, 7) is 0.253. The van der Waals surface area contributed by atoms with Gasteiger partial charge in [0, 0.05) is 12.5 Å². The third-order valence-electron chi connectivity index (χ3n) is 4.82. The van der Waals surface area contributed by atoms with Crippen molar-refractivity contribution in [3.8, 4) is 11.5 Å². The summed E-state index contributed by atoms with van der Waals surface area (Å²) >= 11 is 0. The molecule has 126 valence electrons. The van der Waals surface area contributed by atoms with Gasteiger partial charge in [0.1, 0.15) is 0 Å². The van der Waals surface area contributed by atoms with E-state index in [1.54, 1.807) is 42.5 Å². The zero-order chi connectivity index (χ0) is 16.9. The zero-order valence-corrected chi connectivity index (χ0v) is 13.7. The lowest BCUT2D eigenvalue weighted by molar-refractivity contribution is 0.174. The molecule has 4 rings (SSSR count). The summed E-state index contributed by atoms with van der Waals surface area (Å²) < 4.78 is 36.7. The van der Waals surface area contributed by atoms with E-state index in [4.69, 9.17) is 20.9 Å². The van der Waals surface area contributed by atoms with E-state index in [0.29, 0.717) is 11.5 Å². The van der Waals surface area contributed by atoms with Crippen LogP contribution in [0.25, 0.3) is 0 Å². The first-order valence-electron chi connectivity index (χ1n) is 7.66. The number of fused-ring (bicyclic) bond motifs is 1. The predicted molar refractivity (Wildman–Crippen MR) is 88.7 cm³/mol. The van der Waals surface area contributed by atoms with E-state index < -0.39 is 20.6 Å². The van der Waals surface area contributed by atoms with Crippen molar-refractivity contribution in [3.63, 3.8) is 0 Å². The van der Waals surface area contributed by atoms with Gasteiger partial charge in [-0.15, -0.1) is 0 Å². The predicted octanol–water partition coefficient (Wildman–Crippen LogP) is 1.01. The molecule has 4 N–H and O–H groups in total. The number of hydrogen-bond acceptors (Lipinski definition) is 6. The Morgan fingerprint density at radius 2 is 1.79 bits per heavy atom. The van der Waals surface area contributed by atoms with Gasteiger partial charge in [-0.25, -0.2) is 8.42 Å². The van der Waals surface area contributed by atoms with Crippen LogP contribution in [0.2, 0.25) is 0 Å². The Kier molecular flexibility index (Phi) is 3.35. The van der Waals surface area contributed by atoms with Crippen molar-refractivity contribution < 1.29 is 17.9 Å². The molecule has 0 spiro atoms. The third kappa shape index (κ3) is 2.12. The van der Waals surface area contributed by atoms with Crippen molar-refractivity contribution in [2.75, 3.05) is 13.3 Å². The van der Waals surface area contributed by atoms with Gasteiger partial charge in [0.05, 0.1) is 15.7 Å². The highest BCUT2D eigenvalue weighted by molar-refractivity contribution is 7.92. The number of benzene rings is 2. The van der Waals surface area contributed by atoms with Gasteiger partial charge in [0.2, 0.25) is 6.79 Å². The number of ether oxygens (including phenoxy) is 2. The molecule has 1 saturated carbocycles. The quantitative estimate of drug-likeness (QED) is 0.856. The largest absolute Gasteiger partial charge is 0.454 e. The second-order valence-corrected chi connectivity index (χ2v) is 8.25. The summed E-state index contributed by atoms with van der Waals surface area (Å²) in [5, 5.41) is -0.752. The minimum absolute atomic E-state index is 0.0861. The van der Waals surface area contributed by atoms with Crippen LogP contribution in [0.1, 0.15) is 11.5 Å². The van der Waals surface area contributed by atoms with Gasteiger partial charge < -0.3 is 20.9 Å². The normalized spacial score (nSPS) is 27.9. The lowest BCUT2D eigenvalue weighted by Gasteiger charge is -2.09. The van der Waals surface area contributed by atoms with Gasteiger partial charge in [0.25, 0.3) is 0 Å². The number of rotatable bonds is 4. The van der Waals surface area contributed by atoms with Gasteiger partial charge in [0.15, 0.2) is 21.3 Å². The first kappa shape index (κ1) is 15.4. The Morgan fingerprint density at radius 1 is 1.08 bits per heavy atom. The molecule has 24 heavy (non-hydrogen) atoms. The van der Waals surface area contributed by atoms with Gasteiger partial charge >= 0.3 is 0 Å². The van der Waals surface area contributed by atoms with E-state index in [2.05, 4.69) is 0 Å². The first-order chi connectivity index (χ1) is 11.5. The fraction of sp³-hybridized carbons (Fsp3) is 0.294. The molecule has 1 heterocycles. The van der Waals surface area contributed by atoms with Crippen molar-refractivity contribution in [2.24, 2.45) is 11.5 Å². The molecule has 1 aliphatic carbocycles. The molecule has 0 radical (unpaired) electrons. The maximum atomic E-state index is 13.0. The molecular weight excluding hydrogens is 328 g/mol. The molecule has 0 saturated heterocycles. The SMILES string of the molecule is NCC1(N)C(c2ccc3c(c2)OCO3)C1S(=O)(=O)c1ccccc1. The van der Waals surface area contributed by atoms with Crippen LogP contribution in [-0.2, 0) is 9.84 Å². The number of nitrogens with two attached hydrogens (primary N) is 2. The summed E-state index contributed by atoms with van der Waals surface area (Å²) in [4.78, 5) is 0.265. The summed E-state index contributed by atoms with van der Waals surface area (Å²) in [7, 11) is -3.57. The highest BCUT2D eigenvalue weighted by atomic mass is 32.2. The monoisotopic (exact) mass is 346 g/mol. The second-order valence-electron chi connectivity index (χ2n) is 6.19. The van der Waals surface area contributed by atoms with Crippen LogP contribution >= 0.6 is 0 Å². The van der Waals surface area contributed by atoms with Gasteiger partial charge in [-0.05, 0) is 29.8 Å². The van der Waals surface area contributed by atoms with Gasteiger partial charge in [-0.1, -0.05) is 24.3 Å². The van der Waals surface area contributed by atoms with E-state index in [9.17, 15) is 8.42 Å². The maximum absolute atomic E-state index is 13.0. The lowest BCUT2D eigenvalue weighted by Crippen LogP contribution is -2.39. The fourth-order valence-corrected chi connectivity index (χ4v) is 5.82. The van der Waals surface area contributed by atoms with E-state index in [-0.39, 0.29) is 24.2 Å². The van der Waals surface area contributed by atoms with Crippen LogP contribution in [0.3, 0.4) is 0 Å². The average molecular weight is 346 g/mol. The van der Waals surface area contributed by atoms with Crippen molar-refractivity contribution in [3.05, 3.63) is 54.1 Å². The first-order valence-corrected chi connectivity index (χ1v) is 9.20. The molecule has 0 aromatic heterocycles. The number of sulfone groups is 1. The summed E-state index contributed by atoms with van der Waals surface area (Å²) in [6.07, 6.45) is 0. The van der Waals surface area contributed by atoms with Crippen LogP contribution in [0.5, 0.6) is 11.5 Å². The molecule has 2 aliphatic rings. The Morgan fingerprint density at radius 3 is 2.50 bits per heavy atom. The molecule has 7 heteroatoms. The standard InChI is InChI=1S/C17H18N2O4S/c18-9-17(19)15(11-6-7-13-14(8-11)23-10-22-13)16(17)24(20,21)12-4-2-1-3-5-12/h1-8,15-16H,9-10,18-19H2. The molecule has 1 aliphatic heterocycles. The molecule has 3 unspecified atom stereocenters. The van der Waals surface area contributed by atoms with E-state index >= 15 is 0 Å². The minimum Gasteiger partial charge on any atom is -0.454 e. The molecule has 1 fully saturated rings. The third-order valence-corrected chi connectivity index (χ3v) is 7.13. The van der Waals surface area contributed by atoms with Crippen LogP contribution in [0.15, 0.2) is 53.4 Å². The van der Waals surface area contributed by atoms with Gasteiger partial charge in [-0.3, -0.25) is 0 Å². The Balaban J connectivity index is 1.74. The maximum Gasteiger partial charge on any atom is 0.231 e. The van der Waals surface area contributed by atoms with Crippen molar-refractivity contribution >= 4 is 9.84 Å². The molecular formula is C17H18N2O4S. The number of hydrogen-bond donors (Lipinski definition) is 2. The minimum atomic E-state index is -3.57. The van der Waals surface area contributed by atoms with Gasteiger partial charge in [-0.2, -0.15) is 0 Å². The van der Waals surface area contributed by atoms with Crippen LogP contribution in [0, 0.1) is 0 Å². The average Bonchev–Trinajstić information content (AvgIpc) is 3.00. The van der Waals surface area contributed by atoms with Crippen molar-refractivity contribution in [1.82, 2.24) is 0 Å². The van der Waals surface area contributed by atoms with Crippen LogP contribution in [-0.4, -0.2) is 32.5 Å². The fourth-order valence-electron chi connectivity index (χ4n) is 3.48. The van der Waals surface area contributed by atoms with Crippen LogP contribution < -0.4 is 20.9 Å². The van der Waals surface area contributed by atoms with E-state index in [1.807, 2.05) is 6.07 Å². The highest BCUT2D eigenvalue weighted by Gasteiger charge is 2.68. The van der Waals surface area contributed by atoms with Crippen LogP contribution in [0.4, 0.5) is 0 Å². The molecule has 6 nitrogen and oxygen atoms in total. The smallest absolute Gasteiger partial charge is 0.231 e.